The summed E-state index contributed by atoms with van der Waals surface area (Å²) in [5.74, 6) is 1.31. The third-order valence-electron chi connectivity index (χ3n) is 2.17. The molecule has 0 radical (unpaired) electrons. The molecular weight excluding hydrogens is 124 g/mol. The Balaban J connectivity index is 2.13. The van der Waals surface area contributed by atoms with Crippen molar-refractivity contribution in [3.05, 3.63) is 11.3 Å². The summed E-state index contributed by atoms with van der Waals surface area (Å²) in [5, 5.41) is 0. The first-order chi connectivity index (χ1) is 4.67. The van der Waals surface area contributed by atoms with Crippen LogP contribution >= 0.6 is 0 Å². The van der Waals surface area contributed by atoms with Crippen LogP contribution in [0.1, 0.15) is 33.1 Å². The molecule has 2 aliphatic rings. The van der Waals surface area contributed by atoms with Gasteiger partial charge in [-0.25, -0.2) is 0 Å². The smallest absolute Gasteiger partial charge is 0.0958 e. The summed E-state index contributed by atoms with van der Waals surface area (Å²) in [6, 6.07) is 0. The molecule has 0 bridgehead atoms. The van der Waals surface area contributed by atoms with Gasteiger partial charge in [-0.1, -0.05) is 13.8 Å². The molecular formula is C9H14O. The van der Waals surface area contributed by atoms with E-state index in [-0.39, 0.29) is 0 Å². The Kier molecular flexibility index (Phi) is 1.11. The molecule has 1 aliphatic heterocycles. The molecule has 10 heavy (non-hydrogen) atoms. The van der Waals surface area contributed by atoms with E-state index >= 15 is 0 Å². The molecule has 1 saturated heterocycles. The van der Waals surface area contributed by atoms with Crippen molar-refractivity contribution < 1.29 is 4.74 Å². The van der Waals surface area contributed by atoms with Gasteiger partial charge >= 0.3 is 0 Å². The van der Waals surface area contributed by atoms with E-state index in [1.54, 1.807) is 5.57 Å². The molecule has 2 rings (SSSR count). The van der Waals surface area contributed by atoms with Crippen LogP contribution in [-0.2, 0) is 4.74 Å². The summed E-state index contributed by atoms with van der Waals surface area (Å²) in [4.78, 5) is 0. The second-order valence-electron chi connectivity index (χ2n) is 4.16. The average Bonchev–Trinajstić information content (AvgIpc) is 2.59. The first-order valence-corrected chi connectivity index (χ1v) is 4.01. The van der Waals surface area contributed by atoms with Crippen molar-refractivity contribution >= 4 is 0 Å². The van der Waals surface area contributed by atoms with Gasteiger partial charge in [0, 0.05) is 11.8 Å². The lowest BCUT2D eigenvalue weighted by Gasteiger charge is -2.10. The van der Waals surface area contributed by atoms with E-state index in [0.29, 0.717) is 5.41 Å². The highest BCUT2D eigenvalue weighted by atomic mass is 16.5. The van der Waals surface area contributed by atoms with E-state index in [1.807, 2.05) is 0 Å². The second kappa shape index (κ2) is 1.77. The highest BCUT2D eigenvalue weighted by Crippen LogP contribution is 2.42. The Morgan fingerprint density at radius 1 is 1.30 bits per heavy atom. The average molecular weight is 138 g/mol. The van der Waals surface area contributed by atoms with Crippen molar-refractivity contribution in [1.29, 1.82) is 0 Å². The molecule has 0 atom stereocenters. The summed E-state index contributed by atoms with van der Waals surface area (Å²) in [7, 11) is 0. The van der Waals surface area contributed by atoms with Crippen LogP contribution in [0.3, 0.4) is 0 Å². The molecule has 1 heterocycles. The van der Waals surface area contributed by atoms with E-state index in [4.69, 9.17) is 4.74 Å². The Bertz CT molecular complexity index is 183. The van der Waals surface area contributed by atoms with E-state index in [0.717, 1.165) is 6.61 Å². The van der Waals surface area contributed by atoms with E-state index in [1.165, 1.54) is 25.0 Å². The molecule has 0 aromatic rings. The molecule has 56 valence electrons. The third-order valence-corrected chi connectivity index (χ3v) is 2.17. The number of allylic oxidation sites excluding steroid dienone is 2. The van der Waals surface area contributed by atoms with E-state index in [9.17, 15) is 0 Å². The van der Waals surface area contributed by atoms with Gasteiger partial charge in [-0.3, -0.25) is 0 Å². The molecule has 0 amide bonds. The number of ether oxygens (including phenoxy) is 1. The van der Waals surface area contributed by atoms with Crippen LogP contribution in [0.2, 0.25) is 0 Å². The lowest BCUT2D eigenvalue weighted by atomic mass is 9.92. The Hall–Kier alpha value is -0.460. The van der Waals surface area contributed by atoms with Crippen molar-refractivity contribution in [2.24, 2.45) is 5.41 Å². The summed E-state index contributed by atoms with van der Waals surface area (Å²) < 4.78 is 5.57. The highest BCUT2D eigenvalue weighted by Gasteiger charge is 2.32. The van der Waals surface area contributed by atoms with Crippen LogP contribution in [0.15, 0.2) is 11.3 Å². The Labute approximate surface area is 62.1 Å². The van der Waals surface area contributed by atoms with Crippen LogP contribution < -0.4 is 0 Å². The lowest BCUT2D eigenvalue weighted by Crippen LogP contribution is -2.08. The van der Waals surface area contributed by atoms with Crippen molar-refractivity contribution in [2.75, 3.05) is 6.61 Å². The highest BCUT2D eigenvalue weighted by molar-refractivity contribution is 5.23. The molecule has 0 aromatic heterocycles. The monoisotopic (exact) mass is 138 g/mol. The van der Waals surface area contributed by atoms with E-state index < -0.39 is 0 Å². The Morgan fingerprint density at radius 2 is 2.00 bits per heavy atom. The minimum Gasteiger partial charge on any atom is -0.497 e. The molecule has 1 heteroatoms. The van der Waals surface area contributed by atoms with Crippen LogP contribution in [-0.4, -0.2) is 6.61 Å². The SMILES string of the molecule is CC1(C)COC(=C2CC2)C1. The molecule has 1 saturated carbocycles. The fraction of sp³-hybridized carbons (Fsp3) is 0.778. The largest absolute Gasteiger partial charge is 0.497 e. The van der Waals surface area contributed by atoms with Gasteiger partial charge in [-0.2, -0.15) is 0 Å². The molecule has 2 fully saturated rings. The van der Waals surface area contributed by atoms with Crippen molar-refractivity contribution in [1.82, 2.24) is 0 Å². The van der Waals surface area contributed by atoms with Crippen LogP contribution in [0.5, 0.6) is 0 Å². The first-order valence-electron chi connectivity index (χ1n) is 4.01. The van der Waals surface area contributed by atoms with Crippen molar-refractivity contribution in [3.8, 4) is 0 Å². The zero-order valence-electron chi connectivity index (χ0n) is 6.74. The van der Waals surface area contributed by atoms with Crippen molar-refractivity contribution in [2.45, 2.75) is 33.1 Å². The minimum absolute atomic E-state index is 0.408. The molecule has 0 spiro atoms. The molecule has 1 aliphatic carbocycles. The fourth-order valence-corrected chi connectivity index (χ4v) is 1.39. The zero-order chi connectivity index (χ0) is 7.19. The van der Waals surface area contributed by atoms with Gasteiger partial charge < -0.3 is 4.74 Å². The lowest BCUT2D eigenvalue weighted by molar-refractivity contribution is 0.206. The topological polar surface area (TPSA) is 9.23 Å². The molecule has 0 aromatic carbocycles. The standard InChI is InChI=1S/C9H14O/c1-9(2)5-8(10-6-9)7-3-4-7/h3-6H2,1-2H3. The van der Waals surface area contributed by atoms with Gasteiger partial charge in [0.05, 0.1) is 12.4 Å². The van der Waals surface area contributed by atoms with Crippen molar-refractivity contribution in [3.63, 3.8) is 0 Å². The van der Waals surface area contributed by atoms with Gasteiger partial charge in [0.1, 0.15) is 0 Å². The quantitative estimate of drug-likeness (QED) is 0.499. The fourth-order valence-electron chi connectivity index (χ4n) is 1.39. The van der Waals surface area contributed by atoms with Gasteiger partial charge in [-0.15, -0.1) is 0 Å². The third kappa shape index (κ3) is 1.05. The molecule has 0 N–H and O–H groups in total. The summed E-state index contributed by atoms with van der Waals surface area (Å²) in [5.41, 5.74) is 1.98. The predicted molar refractivity (Wildman–Crippen MR) is 40.6 cm³/mol. The van der Waals surface area contributed by atoms with Gasteiger partial charge in [0.2, 0.25) is 0 Å². The number of hydrogen-bond donors (Lipinski definition) is 0. The zero-order valence-corrected chi connectivity index (χ0v) is 6.74. The number of hydrogen-bond acceptors (Lipinski definition) is 1. The van der Waals surface area contributed by atoms with Gasteiger partial charge in [0.15, 0.2) is 0 Å². The predicted octanol–water partition coefficient (Wildman–Crippen LogP) is 2.48. The maximum absolute atomic E-state index is 5.57. The maximum Gasteiger partial charge on any atom is 0.0958 e. The van der Waals surface area contributed by atoms with Crippen LogP contribution in [0, 0.1) is 5.41 Å². The van der Waals surface area contributed by atoms with Crippen LogP contribution in [0.4, 0.5) is 0 Å². The molecule has 1 nitrogen and oxygen atoms in total. The number of rotatable bonds is 0. The summed E-state index contributed by atoms with van der Waals surface area (Å²) >= 11 is 0. The maximum atomic E-state index is 5.57. The second-order valence-corrected chi connectivity index (χ2v) is 4.16. The van der Waals surface area contributed by atoms with E-state index in [2.05, 4.69) is 13.8 Å². The minimum atomic E-state index is 0.408. The Morgan fingerprint density at radius 3 is 2.40 bits per heavy atom. The van der Waals surface area contributed by atoms with Gasteiger partial charge in [0.25, 0.3) is 0 Å². The summed E-state index contributed by atoms with van der Waals surface area (Å²) in [6.45, 7) is 5.46. The summed E-state index contributed by atoms with van der Waals surface area (Å²) in [6.07, 6.45) is 3.76. The van der Waals surface area contributed by atoms with Gasteiger partial charge in [-0.05, 0) is 18.4 Å². The van der Waals surface area contributed by atoms with Crippen LogP contribution in [0.25, 0.3) is 0 Å². The normalized spacial score (nSPS) is 28.6. The molecule has 0 unspecified atom stereocenters. The first kappa shape index (κ1) is 6.26.